The molecule has 2 N–H and O–H groups in total. The maximum absolute atomic E-state index is 10.5. The van der Waals surface area contributed by atoms with Gasteiger partial charge in [-0.05, 0) is 26.3 Å². The van der Waals surface area contributed by atoms with E-state index in [1.54, 1.807) is 0 Å². The van der Waals surface area contributed by atoms with E-state index < -0.39 is 0 Å². The Hall–Kier alpha value is -0.570. The number of nitrogens with zero attached hydrogens (tertiary/aromatic N) is 1. The van der Waals surface area contributed by atoms with Crippen LogP contribution in [0.25, 0.3) is 0 Å². The Morgan fingerprint density at radius 1 is 1.21 bits per heavy atom. The van der Waals surface area contributed by atoms with Crippen LogP contribution in [0.2, 0.25) is 0 Å². The van der Waals surface area contributed by atoms with Crippen molar-refractivity contribution in [2.24, 2.45) is 11.7 Å². The van der Waals surface area contributed by atoms with Gasteiger partial charge in [0, 0.05) is 6.04 Å². The van der Waals surface area contributed by atoms with Crippen LogP contribution in [0, 0.1) is 5.92 Å². The Labute approximate surface area is 88.7 Å². The van der Waals surface area contributed by atoms with Gasteiger partial charge in [-0.1, -0.05) is 27.7 Å². The summed E-state index contributed by atoms with van der Waals surface area (Å²) in [5, 5.41) is 0. The fraction of sp³-hybridized carbons (Fsp3) is 0.909. The molecule has 0 bridgehead atoms. The van der Waals surface area contributed by atoms with E-state index in [4.69, 9.17) is 5.73 Å². The van der Waals surface area contributed by atoms with Gasteiger partial charge in [-0.25, -0.2) is 0 Å². The second-order valence-corrected chi connectivity index (χ2v) is 4.36. The lowest BCUT2D eigenvalue weighted by Crippen LogP contribution is -2.38. The minimum absolute atomic E-state index is 0.254. The lowest BCUT2D eigenvalue weighted by atomic mass is 10.3. The Balaban J connectivity index is 0. The van der Waals surface area contributed by atoms with Gasteiger partial charge >= 0.3 is 0 Å². The van der Waals surface area contributed by atoms with Gasteiger partial charge in [0.05, 0.1) is 6.54 Å². The summed E-state index contributed by atoms with van der Waals surface area (Å²) in [4.78, 5) is 12.5. The third-order valence-corrected chi connectivity index (χ3v) is 1.50. The molecule has 86 valence electrons. The molecule has 0 fully saturated rings. The van der Waals surface area contributed by atoms with Gasteiger partial charge in [-0.2, -0.15) is 0 Å². The fourth-order valence-electron chi connectivity index (χ4n) is 0.860. The van der Waals surface area contributed by atoms with Crippen molar-refractivity contribution in [2.45, 2.75) is 47.6 Å². The fourth-order valence-corrected chi connectivity index (χ4v) is 0.860. The summed E-state index contributed by atoms with van der Waals surface area (Å²) in [6.07, 6.45) is 0. The van der Waals surface area contributed by atoms with Crippen molar-refractivity contribution in [1.29, 1.82) is 0 Å². The summed E-state index contributed by atoms with van der Waals surface area (Å²) in [6.45, 7) is 13.9. The standard InChI is InChI=1S/C7H16N2O.C4H10/c1-4-9(6(2)3)5-7(8)10;1-4(2)3/h6H,4-5H2,1-3H3,(H2,8,10);4H,1-3H3. The van der Waals surface area contributed by atoms with E-state index >= 15 is 0 Å². The third kappa shape index (κ3) is 14.0. The molecular formula is C11H26N2O. The van der Waals surface area contributed by atoms with Gasteiger partial charge in [0.1, 0.15) is 0 Å². The van der Waals surface area contributed by atoms with Gasteiger partial charge in [-0.15, -0.1) is 0 Å². The molecular weight excluding hydrogens is 176 g/mol. The summed E-state index contributed by atoms with van der Waals surface area (Å²) in [5.74, 6) is 0.579. The number of rotatable bonds is 4. The topological polar surface area (TPSA) is 46.3 Å². The molecule has 0 aromatic heterocycles. The van der Waals surface area contributed by atoms with Crippen molar-refractivity contribution in [2.75, 3.05) is 13.1 Å². The maximum atomic E-state index is 10.5. The first-order valence-corrected chi connectivity index (χ1v) is 5.33. The number of carbonyl (C=O) groups is 1. The first-order chi connectivity index (χ1) is 6.31. The Morgan fingerprint density at radius 2 is 1.57 bits per heavy atom. The van der Waals surface area contributed by atoms with Crippen LogP contribution < -0.4 is 5.73 Å². The number of nitrogens with two attached hydrogens (primary N) is 1. The molecule has 0 heterocycles. The maximum Gasteiger partial charge on any atom is 0.231 e. The van der Waals surface area contributed by atoms with Crippen LogP contribution >= 0.6 is 0 Å². The monoisotopic (exact) mass is 202 g/mol. The number of amides is 1. The van der Waals surface area contributed by atoms with Gasteiger partial charge < -0.3 is 5.73 Å². The zero-order chi connectivity index (χ0) is 11.7. The van der Waals surface area contributed by atoms with Crippen LogP contribution in [0.15, 0.2) is 0 Å². The summed E-state index contributed by atoms with van der Waals surface area (Å²) >= 11 is 0. The molecule has 0 aromatic rings. The van der Waals surface area contributed by atoms with Crippen molar-refractivity contribution >= 4 is 5.91 Å². The molecule has 0 spiro atoms. The summed E-state index contributed by atoms with van der Waals surface area (Å²) < 4.78 is 0. The second kappa shape index (κ2) is 9.00. The molecule has 14 heavy (non-hydrogen) atoms. The Bertz CT molecular complexity index is 141. The summed E-state index contributed by atoms with van der Waals surface area (Å²) in [7, 11) is 0. The van der Waals surface area contributed by atoms with E-state index in [9.17, 15) is 4.79 Å². The van der Waals surface area contributed by atoms with Gasteiger partial charge in [0.2, 0.25) is 5.91 Å². The molecule has 0 atom stereocenters. The van der Waals surface area contributed by atoms with Crippen LogP contribution in [-0.2, 0) is 4.79 Å². The van der Waals surface area contributed by atoms with Gasteiger partial charge in [0.25, 0.3) is 0 Å². The van der Waals surface area contributed by atoms with Crippen LogP contribution in [-0.4, -0.2) is 29.9 Å². The minimum atomic E-state index is -0.254. The molecule has 1 amide bonds. The predicted octanol–water partition coefficient (Wildman–Crippen LogP) is 1.86. The molecule has 0 radical (unpaired) electrons. The highest BCUT2D eigenvalue weighted by Crippen LogP contribution is 1.94. The van der Waals surface area contributed by atoms with E-state index in [1.807, 2.05) is 25.7 Å². The first kappa shape index (κ1) is 15.9. The molecule has 0 aliphatic rings. The lowest BCUT2D eigenvalue weighted by molar-refractivity contribution is -0.119. The van der Waals surface area contributed by atoms with Crippen LogP contribution in [0.1, 0.15) is 41.5 Å². The van der Waals surface area contributed by atoms with Crippen LogP contribution in [0.4, 0.5) is 0 Å². The molecule has 0 rings (SSSR count). The predicted molar refractivity (Wildman–Crippen MR) is 62.1 cm³/mol. The van der Waals surface area contributed by atoms with E-state index in [0.717, 1.165) is 12.5 Å². The van der Waals surface area contributed by atoms with E-state index in [1.165, 1.54) is 0 Å². The molecule has 0 unspecified atom stereocenters. The van der Waals surface area contributed by atoms with Crippen molar-refractivity contribution in [1.82, 2.24) is 4.90 Å². The molecule has 3 heteroatoms. The van der Waals surface area contributed by atoms with Crippen LogP contribution in [0.3, 0.4) is 0 Å². The molecule has 0 aromatic carbocycles. The average Bonchev–Trinajstić information content (AvgIpc) is 1.98. The number of hydrogen-bond acceptors (Lipinski definition) is 2. The largest absolute Gasteiger partial charge is 0.369 e. The quantitative estimate of drug-likeness (QED) is 0.756. The number of hydrogen-bond donors (Lipinski definition) is 1. The zero-order valence-corrected chi connectivity index (χ0v) is 10.5. The first-order valence-electron chi connectivity index (χ1n) is 5.33. The molecule has 0 saturated carbocycles. The Morgan fingerprint density at radius 3 is 1.64 bits per heavy atom. The van der Waals surface area contributed by atoms with E-state index in [0.29, 0.717) is 12.6 Å². The number of carbonyl (C=O) groups excluding carboxylic acids is 1. The van der Waals surface area contributed by atoms with Crippen molar-refractivity contribution in [3.05, 3.63) is 0 Å². The van der Waals surface area contributed by atoms with Crippen molar-refractivity contribution in [3.8, 4) is 0 Å². The van der Waals surface area contributed by atoms with Crippen molar-refractivity contribution < 1.29 is 4.79 Å². The van der Waals surface area contributed by atoms with Crippen molar-refractivity contribution in [3.63, 3.8) is 0 Å². The molecule has 0 aliphatic carbocycles. The van der Waals surface area contributed by atoms with E-state index in [2.05, 4.69) is 20.8 Å². The van der Waals surface area contributed by atoms with E-state index in [-0.39, 0.29) is 5.91 Å². The Kier molecular flexibility index (Phi) is 10.2. The summed E-state index contributed by atoms with van der Waals surface area (Å²) in [5.41, 5.74) is 5.03. The van der Waals surface area contributed by atoms with Gasteiger partial charge in [0.15, 0.2) is 0 Å². The molecule has 0 aliphatic heterocycles. The number of likely N-dealkylation sites (N-methyl/N-ethyl adjacent to an activating group) is 1. The lowest BCUT2D eigenvalue weighted by Gasteiger charge is -2.22. The molecule has 0 saturated heterocycles. The SMILES string of the molecule is CC(C)C.CCN(CC(N)=O)C(C)C. The smallest absolute Gasteiger partial charge is 0.231 e. The second-order valence-electron chi connectivity index (χ2n) is 4.36. The molecule has 3 nitrogen and oxygen atoms in total. The van der Waals surface area contributed by atoms with Gasteiger partial charge in [-0.3, -0.25) is 9.69 Å². The zero-order valence-electron chi connectivity index (χ0n) is 10.5. The highest BCUT2D eigenvalue weighted by Gasteiger charge is 2.08. The highest BCUT2D eigenvalue weighted by atomic mass is 16.1. The minimum Gasteiger partial charge on any atom is -0.369 e. The normalized spacial score (nSPS) is 10.4. The summed E-state index contributed by atoms with van der Waals surface area (Å²) in [6, 6.07) is 0.400. The average molecular weight is 202 g/mol. The highest BCUT2D eigenvalue weighted by molar-refractivity contribution is 5.75. The third-order valence-electron chi connectivity index (χ3n) is 1.50. The van der Waals surface area contributed by atoms with Crippen LogP contribution in [0.5, 0.6) is 0 Å². The number of primary amides is 1.